The molecule has 0 saturated carbocycles. The number of aromatic nitrogens is 2. The Kier molecular flexibility index (Phi) is 7.20. The number of ether oxygens (including phenoxy) is 1. The summed E-state index contributed by atoms with van der Waals surface area (Å²) in [4.78, 5) is 26.1. The molecule has 2 amide bonds. The van der Waals surface area contributed by atoms with E-state index in [1.165, 1.54) is 0 Å². The van der Waals surface area contributed by atoms with E-state index in [1.54, 1.807) is 41.0 Å². The SMILES string of the molecule is CCOc1ccccc1C(=O)NCCCC(=O)N(C)Cc1cnn(C)c1. The maximum atomic E-state index is 12.3. The Morgan fingerprint density at radius 2 is 2.08 bits per heavy atom. The predicted octanol–water partition coefficient (Wildman–Crippen LogP) is 1.99. The van der Waals surface area contributed by atoms with Crippen molar-refractivity contribution in [2.24, 2.45) is 7.05 Å². The number of rotatable bonds is 9. The Bertz CT molecular complexity index is 742. The average Bonchev–Trinajstić information content (AvgIpc) is 3.03. The fraction of sp³-hybridized carbons (Fsp3) is 0.421. The largest absolute Gasteiger partial charge is 0.493 e. The van der Waals surface area contributed by atoms with Crippen molar-refractivity contribution in [3.8, 4) is 5.75 Å². The van der Waals surface area contributed by atoms with Crippen LogP contribution >= 0.6 is 0 Å². The molecule has 0 fully saturated rings. The van der Waals surface area contributed by atoms with Crippen molar-refractivity contribution in [3.05, 3.63) is 47.8 Å². The van der Waals surface area contributed by atoms with Crippen molar-refractivity contribution in [1.29, 1.82) is 0 Å². The van der Waals surface area contributed by atoms with Crippen molar-refractivity contribution in [1.82, 2.24) is 20.0 Å². The van der Waals surface area contributed by atoms with Crippen LogP contribution in [-0.2, 0) is 18.4 Å². The van der Waals surface area contributed by atoms with Gasteiger partial charge in [0.05, 0.1) is 18.4 Å². The molecule has 1 heterocycles. The number of aryl methyl sites for hydroxylation is 1. The first-order valence-corrected chi connectivity index (χ1v) is 8.72. The summed E-state index contributed by atoms with van der Waals surface area (Å²) in [5.74, 6) is 0.419. The first-order chi connectivity index (χ1) is 12.5. The molecule has 26 heavy (non-hydrogen) atoms. The Morgan fingerprint density at radius 1 is 1.31 bits per heavy atom. The summed E-state index contributed by atoms with van der Waals surface area (Å²) >= 11 is 0. The van der Waals surface area contributed by atoms with Gasteiger partial charge in [0.15, 0.2) is 0 Å². The van der Waals surface area contributed by atoms with Crippen LogP contribution in [0.4, 0.5) is 0 Å². The zero-order chi connectivity index (χ0) is 18.9. The summed E-state index contributed by atoms with van der Waals surface area (Å²) in [6.07, 6.45) is 4.60. The monoisotopic (exact) mass is 358 g/mol. The summed E-state index contributed by atoms with van der Waals surface area (Å²) in [7, 11) is 3.62. The second kappa shape index (κ2) is 9.60. The first-order valence-electron chi connectivity index (χ1n) is 8.72. The van der Waals surface area contributed by atoms with Crippen LogP contribution in [0.25, 0.3) is 0 Å². The summed E-state index contributed by atoms with van der Waals surface area (Å²) in [5.41, 5.74) is 1.50. The minimum atomic E-state index is -0.190. The molecule has 7 nitrogen and oxygen atoms in total. The molecule has 7 heteroatoms. The lowest BCUT2D eigenvalue weighted by Gasteiger charge is -2.16. The van der Waals surface area contributed by atoms with Gasteiger partial charge >= 0.3 is 0 Å². The lowest BCUT2D eigenvalue weighted by atomic mass is 10.2. The lowest BCUT2D eigenvalue weighted by Crippen LogP contribution is -2.29. The van der Waals surface area contributed by atoms with Gasteiger partial charge < -0.3 is 15.0 Å². The molecule has 0 saturated heterocycles. The zero-order valence-electron chi connectivity index (χ0n) is 15.6. The van der Waals surface area contributed by atoms with Gasteiger partial charge in [-0.15, -0.1) is 0 Å². The third-order valence-corrected chi connectivity index (χ3v) is 3.89. The van der Waals surface area contributed by atoms with Crippen molar-refractivity contribution >= 4 is 11.8 Å². The van der Waals surface area contributed by atoms with Crippen molar-refractivity contribution in [2.45, 2.75) is 26.3 Å². The normalized spacial score (nSPS) is 10.4. The highest BCUT2D eigenvalue weighted by atomic mass is 16.5. The zero-order valence-corrected chi connectivity index (χ0v) is 15.6. The third kappa shape index (κ3) is 5.61. The number of amides is 2. The van der Waals surface area contributed by atoms with Gasteiger partial charge in [0, 0.05) is 45.4 Å². The highest BCUT2D eigenvalue weighted by molar-refractivity contribution is 5.96. The molecular weight excluding hydrogens is 332 g/mol. The summed E-state index contributed by atoms with van der Waals surface area (Å²) < 4.78 is 7.18. The van der Waals surface area contributed by atoms with Crippen LogP contribution in [0.3, 0.4) is 0 Å². The molecule has 0 aliphatic carbocycles. The minimum Gasteiger partial charge on any atom is -0.493 e. The Hall–Kier alpha value is -2.83. The fourth-order valence-electron chi connectivity index (χ4n) is 2.58. The van der Waals surface area contributed by atoms with Crippen LogP contribution in [0.5, 0.6) is 5.75 Å². The predicted molar refractivity (Wildman–Crippen MR) is 98.9 cm³/mol. The maximum absolute atomic E-state index is 12.3. The highest BCUT2D eigenvalue weighted by Gasteiger charge is 2.13. The average molecular weight is 358 g/mol. The van der Waals surface area contributed by atoms with E-state index in [1.807, 2.05) is 26.2 Å². The minimum absolute atomic E-state index is 0.0396. The van der Waals surface area contributed by atoms with E-state index < -0.39 is 0 Å². The van der Waals surface area contributed by atoms with Gasteiger partial charge in [-0.1, -0.05) is 12.1 Å². The molecule has 1 aromatic carbocycles. The Balaban J connectivity index is 1.74. The van der Waals surface area contributed by atoms with Crippen molar-refractivity contribution in [2.75, 3.05) is 20.2 Å². The second-order valence-electron chi connectivity index (χ2n) is 6.06. The van der Waals surface area contributed by atoms with Crippen LogP contribution < -0.4 is 10.1 Å². The molecule has 1 N–H and O–H groups in total. The van der Waals surface area contributed by atoms with E-state index in [0.717, 1.165) is 5.56 Å². The molecule has 2 rings (SSSR count). The standard InChI is InChI=1S/C19H26N4O3/c1-4-26-17-9-6-5-8-16(17)19(25)20-11-7-10-18(24)22(2)13-15-12-21-23(3)14-15/h5-6,8-9,12,14H,4,7,10-11,13H2,1-3H3,(H,20,25). The molecule has 0 bridgehead atoms. The van der Waals surface area contributed by atoms with Gasteiger partial charge in [0.1, 0.15) is 5.75 Å². The molecule has 0 aliphatic rings. The van der Waals surface area contributed by atoms with Crippen LogP contribution in [0, 0.1) is 0 Å². The number of nitrogens with zero attached hydrogens (tertiary/aromatic N) is 3. The van der Waals surface area contributed by atoms with Gasteiger partial charge in [0.2, 0.25) is 5.91 Å². The molecule has 0 aliphatic heterocycles. The molecule has 0 atom stereocenters. The second-order valence-corrected chi connectivity index (χ2v) is 6.06. The number of carbonyl (C=O) groups excluding carboxylic acids is 2. The van der Waals surface area contributed by atoms with Crippen molar-refractivity contribution in [3.63, 3.8) is 0 Å². The quantitative estimate of drug-likeness (QED) is 0.696. The van der Waals surface area contributed by atoms with Crippen LogP contribution in [0.15, 0.2) is 36.7 Å². The van der Waals surface area contributed by atoms with Crippen LogP contribution in [-0.4, -0.2) is 46.7 Å². The third-order valence-electron chi connectivity index (χ3n) is 3.89. The summed E-state index contributed by atoms with van der Waals surface area (Å²) in [6.45, 7) is 3.34. The molecule has 0 spiro atoms. The smallest absolute Gasteiger partial charge is 0.255 e. The van der Waals surface area contributed by atoms with E-state index in [0.29, 0.717) is 43.9 Å². The Morgan fingerprint density at radius 3 is 2.77 bits per heavy atom. The molecule has 140 valence electrons. The number of carbonyl (C=O) groups is 2. The summed E-state index contributed by atoms with van der Waals surface area (Å²) in [6, 6.07) is 7.13. The van der Waals surface area contributed by atoms with Crippen LogP contribution in [0.2, 0.25) is 0 Å². The topological polar surface area (TPSA) is 76.5 Å². The van der Waals surface area contributed by atoms with E-state index in [9.17, 15) is 9.59 Å². The van der Waals surface area contributed by atoms with Crippen molar-refractivity contribution < 1.29 is 14.3 Å². The molecule has 1 aromatic heterocycles. The summed E-state index contributed by atoms with van der Waals surface area (Å²) in [5, 5.41) is 6.94. The molecule has 0 unspecified atom stereocenters. The van der Waals surface area contributed by atoms with Gasteiger partial charge in [-0.05, 0) is 25.5 Å². The molecule has 0 radical (unpaired) electrons. The van der Waals surface area contributed by atoms with E-state index in [2.05, 4.69) is 10.4 Å². The van der Waals surface area contributed by atoms with Gasteiger partial charge in [-0.3, -0.25) is 14.3 Å². The number of nitrogens with one attached hydrogen (secondary N) is 1. The lowest BCUT2D eigenvalue weighted by molar-refractivity contribution is -0.130. The Labute approximate surface area is 153 Å². The number of benzene rings is 1. The van der Waals surface area contributed by atoms with E-state index in [-0.39, 0.29) is 11.8 Å². The number of hydrogen-bond acceptors (Lipinski definition) is 4. The van der Waals surface area contributed by atoms with Gasteiger partial charge in [-0.25, -0.2) is 0 Å². The fourth-order valence-corrected chi connectivity index (χ4v) is 2.58. The van der Waals surface area contributed by atoms with E-state index >= 15 is 0 Å². The number of hydrogen-bond donors (Lipinski definition) is 1. The molecule has 2 aromatic rings. The molecular formula is C19H26N4O3. The number of para-hydroxylation sites is 1. The van der Waals surface area contributed by atoms with Gasteiger partial charge in [0.25, 0.3) is 5.91 Å². The highest BCUT2D eigenvalue weighted by Crippen LogP contribution is 2.17. The maximum Gasteiger partial charge on any atom is 0.255 e. The van der Waals surface area contributed by atoms with E-state index in [4.69, 9.17) is 4.74 Å². The first kappa shape index (κ1) is 19.5. The van der Waals surface area contributed by atoms with Crippen LogP contribution in [0.1, 0.15) is 35.7 Å². The van der Waals surface area contributed by atoms with Gasteiger partial charge in [-0.2, -0.15) is 5.10 Å².